The highest BCUT2D eigenvalue weighted by Crippen LogP contribution is 2.30. The highest BCUT2D eigenvalue weighted by atomic mass is 16.3. The Balaban J connectivity index is 2.63. The maximum absolute atomic E-state index is 5.13. The van der Waals surface area contributed by atoms with Gasteiger partial charge < -0.3 is 9.73 Å². The summed E-state index contributed by atoms with van der Waals surface area (Å²) in [6.45, 7) is 8.87. The Morgan fingerprint density at radius 3 is 2.47 bits per heavy atom. The Morgan fingerprint density at radius 1 is 1.27 bits per heavy atom. The Hall–Kier alpha value is -0.760. The van der Waals surface area contributed by atoms with Crippen LogP contribution in [0.1, 0.15) is 39.2 Å². The molecule has 15 heavy (non-hydrogen) atoms. The lowest BCUT2D eigenvalue weighted by molar-refractivity contribution is 0.248. The van der Waals surface area contributed by atoms with E-state index in [1.807, 2.05) is 6.26 Å². The SMILES string of the molecule is CCNCC(CC)(CC)Cc1ccoc1. The Kier molecular flexibility index (Phi) is 4.89. The summed E-state index contributed by atoms with van der Waals surface area (Å²) < 4.78 is 5.13. The lowest BCUT2D eigenvalue weighted by Crippen LogP contribution is -2.35. The quantitative estimate of drug-likeness (QED) is 0.745. The zero-order valence-corrected chi connectivity index (χ0v) is 10.2. The molecule has 1 rings (SSSR count). The van der Waals surface area contributed by atoms with Crippen molar-refractivity contribution in [1.82, 2.24) is 5.32 Å². The average molecular weight is 209 g/mol. The first-order valence-electron chi connectivity index (χ1n) is 5.98. The molecule has 2 nitrogen and oxygen atoms in total. The monoisotopic (exact) mass is 209 g/mol. The van der Waals surface area contributed by atoms with Crippen molar-refractivity contribution in [2.24, 2.45) is 5.41 Å². The van der Waals surface area contributed by atoms with Crippen molar-refractivity contribution in [3.8, 4) is 0 Å². The average Bonchev–Trinajstić information content (AvgIpc) is 2.77. The zero-order valence-electron chi connectivity index (χ0n) is 10.2. The van der Waals surface area contributed by atoms with Gasteiger partial charge in [-0.1, -0.05) is 20.8 Å². The predicted octanol–water partition coefficient (Wildman–Crippen LogP) is 3.24. The van der Waals surface area contributed by atoms with Gasteiger partial charge in [0.25, 0.3) is 0 Å². The van der Waals surface area contributed by atoms with Crippen LogP contribution in [0.25, 0.3) is 0 Å². The third-order valence-electron chi connectivity index (χ3n) is 3.41. The van der Waals surface area contributed by atoms with E-state index in [-0.39, 0.29) is 0 Å². The van der Waals surface area contributed by atoms with Crippen molar-refractivity contribution in [3.63, 3.8) is 0 Å². The van der Waals surface area contributed by atoms with Crippen molar-refractivity contribution in [3.05, 3.63) is 24.2 Å². The lowest BCUT2D eigenvalue weighted by atomic mass is 9.77. The largest absolute Gasteiger partial charge is 0.472 e. The summed E-state index contributed by atoms with van der Waals surface area (Å²) in [5.41, 5.74) is 1.71. The van der Waals surface area contributed by atoms with Gasteiger partial charge in [0.2, 0.25) is 0 Å². The summed E-state index contributed by atoms with van der Waals surface area (Å²) >= 11 is 0. The zero-order chi connectivity index (χ0) is 11.1. The van der Waals surface area contributed by atoms with Gasteiger partial charge in [-0.3, -0.25) is 0 Å². The fourth-order valence-electron chi connectivity index (χ4n) is 2.03. The van der Waals surface area contributed by atoms with Crippen LogP contribution in [0.15, 0.2) is 23.0 Å². The number of hydrogen-bond acceptors (Lipinski definition) is 2. The summed E-state index contributed by atoms with van der Waals surface area (Å²) in [5, 5.41) is 3.47. The van der Waals surface area contributed by atoms with Gasteiger partial charge in [0, 0.05) is 6.54 Å². The molecule has 0 bridgehead atoms. The van der Waals surface area contributed by atoms with Crippen LogP contribution in [0, 0.1) is 5.41 Å². The summed E-state index contributed by atoms with van der Waals surface area (Å²) in [6, 6.07) is 2.08. The second kappa shape index (κ2) is 5.96. The molecule has 0 aliphatic rings. The van der Waals surface area contributed by atoms with E-state index in [0.29, 0.717) is 5.41 Å². The molecule has 1 aromatic heterocycles. The fourth-order valence-corrected chi connectivity index (χ4v) is 2.03. The first kappa shape index (κ1) is 12.3. The maximum atomic E-state index is 5.13. The molecule has 0 saturated heterocycles. The Labute approximate surface area is 93.1 Å². The molecule has 0 atom stereocenters. The molecule has 0 aromatic carbocycles. The highest BCUT2D eigenvalue weighted by molar-refractivity contribution is 5.09. The second-order valence-corrected chi connectivity index (χ2v) is 4.30. The lowest BCUT2D eigenvalue weighted by Gasteiger charge is -2.31. The molecular weight excluding hydrogens is 186 g/mol. The van der Waals surface area contributed by atoms with Gasteiger partial charge in [0.15, 0.2) is 0 Å². The van der Waals surface area contributed by atoms with Crippen molar-refractivity contribution < 1.29 is 4.42 Å². The fraction of sp³-hybridized carbons (Fsp3) is 0.692. The van der Waals surface area contributed by atoms with Crippen molar-refractivity contribution >= 4 is 0 Å². The molecule has 0 spiro atoms. The van der Waals surface area contributed by atoms with Gasteiger partial charge in [0.05, 0.1) is 12.5 Å². The van der Waals surface area contributed by atoms with E-state index in [1.165, 1.54) is 18.4 Å². The summed E-state index contributed by atoms with van der Waals surface area (Å²) in [5.74, 6) is 0. The molecule has 0 radical (unpaired) electrons. The minimum atomic E-state index is 0.389. The van der Waals surface area contributed by atoms with Gasteiger partial charge in [-0.15, -0.1) is 0 Å². The minimum Gasteiger partial charge on any atom is -0.472 e. The van der Waals surface area contributed by atoms with Crippen LogP contribution in [0.3, 0.4) is 0 Å². The van der Waals surface area contributed by atoms with E-state index in [4.69, 9.17) is 4.42 Å². The Morgan fingerprint density at radius 2 is 2.00 bits per heavy atom. The number of rotatable bonds is 7. The molecule has 0 saturated carbocycles. The highest BCUT2D eigenvalue weighted by Gasteiger charge is 2.26. The smallest absolute Gasteiger partial charge is 0.0934 e. The molecular formula is C13H23NO. The van der Waals surface area contributed by atoms with Crippen LogP contribution in [0.4, 0.5) is 0 Å². The van der Waals surface area contributed by atoms with E-state index in [0.717, 1.165) is 19.5 Å². The molecule has 86 valence electrons. The predicted molar refractivity (Wildman–Crippen MR) is 64.0 cm³/mol. The first-order valence-corrected chi connectivity index (χ1v) is 5.98. The summed E-state index contributed by atoms with van der Waals surface area (Å²) in [6.07, 6.45) is 7.16. The third kappa shape index (κ3) is 3.38. The molecule has 1 N–H and O–H groups in total. The van der Waals surface area contributed by atoms with E-state index in [1.54, 1.807) is 6.26 Å². The standard InChI is InChI=1S/C13H23NO/c1-4-13(5-2,11-14-6-3)9-12-7-8-15-10-12/h7-8,10,14H,4-6,9,11H2,1-3H3. The van der Waals surface area contributed by atoms with Crippen LogP contribution in [0.5, 0.6) is 0 Å². The van der Waals surface area contributed by atoms with Crippen molar-refractivity contribution in [2.75, 3.05) is 13.1 Å². The molecule has 0 aliphatic heterocycles. The molecule has 1 aromatic rings. The molecule has 0 amide bonds. The molecule has 0 fully saturated rings. The Bertz CT molecular complexity index is 250. The van der Waals surface area contributed by atoms with Crippen molar-refractivity contribution in [1.29, 1.82) is 0 Å². The van der Waals surface area contributed by atoms with Crippen LogP contribution in [-0.4, -0.2) is 13.1 Å². The number of nitrogens with one attached hydrogen (secondary N) is 1. The summed E-state index contributed by atoms with van der Waals surface area (Å²) in [4.78, 5) is 0. The number of hydrogen-bond donors (Lipinski definition) is 1. The van der Waals surface area contributed by atoms with Crippen LogP contribution < -0.4 is 5.32 Å². The van der Waals surface area contributed by atoms with E-state index in [2.05, 4.69) is 32.2 Å². The number of furan rings is 1. The second-order valence-electron chi connectivity index (χ2n) is 4.30. The minimum absolute atomic E-state index is 0.389. The van der Waals surface area contributed by atoms with Crippen molar-refractivity contribution in [2.45, 2.75) is 40.0 Å². The van der Waals surface area contributed by atoms with E-state index >= 15 is 0 Å². The first-order chi connectivity index (χ1) is 7.26. The normalized spacial score (nSPS) is 11.9. The van der Waals surface area contributed by atoms with Gasteiger partial charge in [-0.25, -0.2) is 0 Å². The van der Waals surface area contributed by atoms with E-state index in [9.17, 15) is 0 Å². The topological polar surface area (TPSA) is 25.2 Å². The van der Waals surface area contributed by atoms with Crippen LogP contribution in [-0.2, 0) is 6.42 Å². The van der Waals surface area contributed by atoms with Crippen LogP contribution >= 0.6 is 0 Å². The van der Waals surface area contributed by atoms with E-state index < -0.39 is 0 Å². The van der Waals surface area contributed by atoms with Gasteiger partial charge in [-0.2, -0.15) is 0 Å². The van der Waals surface area contributed by atoms with Gasteiger partial charge in [-0.05, 0) is 42.9 Å². The third-order valence-corrected chi connectivity index (χ3v) is 3.41. The molecule has 0 unspecified atom stereocenters. The summed E-state index contributed by atoms with van der Waals surface area (Å²) in [7, 11) is 0. The van der Waals surface area contributed by atoms with Gasteiger partial charge in [0.1, 0.15) is 0 Å². The molecule has 2 heteroatoms. The molecule has 1 heterocycles. The van der Waals surface area contributed by atoms with Crippen LogP contribution in [0.2, 0.25) is 0 Å². The maximum Gasteiger partial charge on any atom is 0.0934 e. The van der Waals surface area contributed by atoms with Gasteiger partial charge >= 0.3 is 0 Å². The molecule has 0 aliphatic carbocycles.